The van der Waals surface area contributed by atoms with Crippen molar-refractivity contribution in [2.45, 2.75) is 25.0 Å². The average molecular weight is 445 g/mol. The van der Waals surface area contributed by atoms with Gasteiger partial charge in [0.1, 0.15) is 0 Å². The monoisotopic (exact) mass is 444 g/mol. The lowest BCUT2D eigenvalue weighted by Crippen LogP contribution is -2.45. The van der Waals surface area contributed by atoms with Gasteiger partial charge in [-0.1, -0.05) is 54.1 Å². The first kappa shape index (κ1) is 20.8. The molecule has 1 saturated heterocycles. The van der Waals surface area contributed by atoms with Crippen LogP contribution in [0.15, 0.2) is 85.1 Å². The number of piperidine rings is 1. The van der Waals surface area contributed by atoms with Crippen LogP contribution in [0.2, 0.25) is 5.02 Å². The fourth-order valence-electron chi connectivity index (χ4n) is 4.56. The molecule has 5 heteroatoms. The van der Waals surface area contributed by atoms with Gasteiger partial charge < -0.3 is 14.6 Å². The van der Waals surface area contributed by atoms with Crippen LogP contribution in [0, 0.1) is 0 Å². The van der Waals surface area contributed by atoms with Gasteiger partial charge in [-0.25, -0.2) is 0 Å². The molecular formula is C27H25ClN2O2. The van der Waals surface area contributed by atoms with Crippen LogP contribution in [-0.4, -0.2) is 33.6 Å². The van der Waals surface area contributed by atoms with Crippen LogP contribution in [0.4, 0.5) is 0 Å². The molecule has 1 amide bonds. The molecule has 5 rings (SSSR count). The number of nitrogens with zero attached hydrogens (tertiary/aromatic N) is 2. The van der Waals surface area contributed by atoms with Gasteiger partial charge in [0.2, 0.25) is 0 Å². The minimum absolute atomic E-state index is 0.0147. The van der Waals surface area contributed by atoms with Gasteiger partial charge in [0.05, 0.1) is 5.60 Å². The van der Waals surface area contributed by atoms with E-state index in [1.54, 1.807) is 12.1 Å². The lowest BCUT2D eigenvalue weighted by Gasteiger charge is -2.38. The minimum Gasteiger partial charge on any atom is -0.385 e. The summed E-state index contributed by atoms with van der Waals surface area (Å²) in [7, 11) is 0. The first-order chi connectivity index (χ1) is 15.5. The van der Waals surface area contributed by atoms with E-state index in [1.165, 1.54) is 5.56 Å². The fourth-order valence-corrected chi connectivity index (χ4v) is 4.69. The molecule has 0 saturated carbocycles. The third-order valence-corrected chi connectivity index (χ3v) is 6.73. The Bertz CT molecular complexity index is 1240. The van der Waals surface area contributed by atoms with Crippen LogP contribution in [0.25, 0.3) is 10.9 Å². The maximum absolute atomic E-state index is 13.2. The molecular weight excluding hydrogens is 420 g/mol. The van der Waals surface area contributed by atoms with Crippen LogP contribution in [0.5, 0.6) is 0 Å². The number of halogens is 1. The van der Waals surface area contributed by atoms with Gasteiger partial charge in [-0.2, -0.15) is 0 Å². The van der Waals surface area contributed by atoms with E-state index in [-0.39, 0.29) is 5.91 Å². The molecule has 0 atom stereocenters. The third kappa shape index (κ3) is 4.04. The predicted molar refractivity (Wildman–Crippen MR) is 128 cm³/mol. The molecule has 0 unspecified atom stereocenters. The van der Waals surface area contributed by atoms with Crippen molar-refractivity contribution in [3.63, 3.8) is 0 Å². The largest absolute Gasteiger partial charge is 0.385 e. The molecule has 32 heavy (non-hydrogen) atoms. The summed E-state index contributed by atoms with van der Waals surface area (Å²) >= 11 is 5.98. The molecule has 0 aliphatic carbocycles. The van der Waals surface area contributed by atoms with E-state index in [4.69, 9.17) is 11.6 Å². The number of fused-ring (bicyclic) bond motifs is 1. The van der Waals surface area contributed by atoms with Crippen LogP contribution >= 0.6 is 11.6 Å². The van der Waals surface area contributed by atoms with Gasteiger partial charge in [-0.3, -0.25) is 4.79 Å². The molecule has 0 bridgehead atoms. The topological polar surface area (TPSA) is 45.5 Å². The SMILES string of the molecule is O=C(c1ccc2c(ccn2Cc2ccccc2)c1)N1CCC(O)(c2ccc(Cl)cc2)CC1. The van der Waals surface area contributed by atoms with Crippen molar-refractivity contribution in [1.29, 1.82) is 0 Å². The van der Waals surface area contributed by atoms with Gasteiger partial charge in [0, 0.05) is 47.3 Å². The first-order valence-electron chi connectivity index (χ1n) is 10.9. The Labute approximate surface area is 192 Å². The van der Waals surface area contributed by atoms with Crippen molar-refractivity contribution in [1.82, 2.24) is 9.47 Å². The molecule has 162 valence electrons. The lowest BCUT2D eigenvalue weighted by atomic mass is 9.84. The molecule has 2 heterocycles. The van der Waals surface area contributed by atoms with Crippen LogP contribution in [0.3, 0.4) is 0 Å². The number of benzene rings is 3. The van der Waals surface area contributed by atoms with Crippen molar-refractivity contribution >= 4 is 28.4 Å². The molecule has 3 aromatic carbocycles. The molecule has 4 nitrogen and oxygen atoms in total. The second kappa shape index (κ2) is 8.45. The lowest BCUT2D eigenvalue weighted by molar-refractivity contribution is -0.0211. The van der Waals surface area contributed by atoms with E-state index >= 15 is 0 Å². The Morgan fingerprint density at radius 1 is 0.938 bits per heavy atom. The van der Waals surface area contributed by atoms with Crippen molar-refractivity contribution in [2.75, 3.05) is 13.1 Å². The van der Waals surface area contributed by atoms with E-state index in [9.17, 15) is 9.90 Å². The molecule has 0 radical (unpaired) electrons. The Kier molecular flexibility index (Phi) is 5.50. The van der Waals surface area contributed by atoms with E-state index in [0.717, 1.165) is 23.0 Å². The number of aromatic nitrogens is 1. The summed E-state index contributed by atoms with van der Waals surface area (Å²) in [5.41, 5.74) is 2.98. The number of hydrogen-bond acceptors (Lipinski definition) is 2. The highest BCUT2D eigenvalue weighted by atomic mass is 35.5. The van der Waals surface area contributed by atoms with Crippen molar-refractivity contribution in [2.24, 2.45) is 0 Å². The van der Waals surface area contributed by atoms with Crippen LogP contribution < -0.4 is 0 Å². The molecule has 1 aliphatic rings. The standard InChI is InChI=1S/C27H25ClN2O2/c28-24-9-7-23(8-10-24)27(32)13-16-29(17-14-27)26(31)22-6-11-25-21(18-22)12-15-30(25)19-20-4-2-1-3-5-20/h1-12,15,18,32H,13-14,16-17,19H2. The summed E-state index contributed by atoms with van der Waals surface area (Å²) in [5.74, 6) is 0.0147. The predicted octanol–water partition coefficient (Wildman–Crippen LogP) is 5.47. The van der Waals surface area contributed by atoms with Gasteiger partial charge in [0.15, 0.2) is 0 Å². The second-order valence-corrected chi connectivity index (χ2v) is 8.97. The maximum Gasteiger partial charge on any atom is 0.253 e. The Morgan fingerprint density at radius 2 is 1.66 bits per heavy atom. The van der Waals surface area contributed by atoms with Gasteiger partial charge in [-0.15, -0.1) is 0 Å². The zero-order valence-electron chi connectivity index (χ0n) is 17.7. The summed E-state index contributed by atoms with van der Waals surface area (Å²) in [6.07, 6.45) is 3.09. The number of likely N-dealkylation sites (tertiary alicyclic amines) is 1. The summed E-state index contributed by atoms with van der Waals surface area (Å²) < 4.78 is 2.20. The number of carbonyl (C=O) groups is 1. The number of amides is 1. The first-order valence-corrected chi connectivity index (χ1v) is 11.3. The van der Waals surface area contributed by atoms with Gasteiger partial charge >= 0.3 is 0 Å². The summed E-state index contributed by atoms with van der Waals surface area (Å²) in [5, 5.41) is 12.8. The Morgan fingerprint density at radius 3 is 2.38 bits per heavy atom. The van der Waals surface area contributed by atoms with E-state index in [1.807, 2.05) is 53.4 Å². The summed E-state index contributed by atoms with van der Waals surface area (Å²) in [6, 6.07) is 25.6. The normalized spacial score (nSPS) is 15.8. The van der Waals surface area contributed by atoms with E-state index < -0.39 is 5.60 Å². The molecule has 1 aliphatic heterocycles. The number of rotatable bonds is 4. The van der Waals surface area contributed by atoms with Crippen molar-refractivity contribution in [3.8, 4) is 0 Å². The molecule has 1 aromatic heterocycles. The molecule has 1 N–H and O–H groups in total. The molecule has 0 spiro atoms. The van der Waals surface area contributed by atoms with E-state index in [2.05, 4.69) is 29.0 Å². The fraction of sp³-hybridized carbons (Fsp3) is 0.222. The summed E-state index contributed by atoms with van der Waals surface area (Å²) in [6.45, 7) is 1.84. The van der Waals surface area contributed by atoms with Crippen LogP contribution in [0.1, 0.15) is 34.3 Å². The molecule has 1 fully saturated rings. The third-order valence-electron chi connectivity index (χ3n) is 6.47. The molecule has 4 aromatic rings. The van der Waals surface area contributed by atoms with Crippen molar-refractivity contribution < 1.29 is 9.90 Å². The highest BCUT2D eigenvalue weighted by molar-refractivity contribution is 6.30. The Hall–Kier alpha value is -3.08. The Balaban J connectivity index is 1.29. The summed E-state index contributed by atoms with van der Waals surface area (Å²) in [4.78, 5) is 15.0. The zero-order chi connectivity index (χ0) is 22.1. The quantitative estimate of drug-likeness (QED) is 0.454. The second-order valence-electron chi connectivity index (χ2n) is 8.53. The highest BCUT2D eigenvalue weighted by Crippen LogP contribution is 2.34. The average Bonchev–Trinajstić information content (AvgIpc) is 3.22. The van der Waals surface area contributed by atoms with E-state index in [0.29, 0.717) is 36.5 Å². The highest BCUT2D eigenvalue weighted by Gasteiger charge is 2.35. The number of carbonyl (C=O) groups excluding carboxylic acids is 1. The maximum atomic E-state index is 13.2. The smallest absolute Gasteiger partial charge is 0.253 e. The van der Waals surface area contributed by atoms with Gasteiger partial charge in [-0.05, 0) is 60.4 Å². The van der Waals surface area contributed by atoms with Gasteiger partial charge in [0.25, 0.3) is 5.91 Å². The number of aliphatic hydroxyl groups is 1. The number of hydrogen-bond donors (Lipinski definition) is 1. The minimum atomic E-state index is -0.917. The zero-order valence-corrected chi connectivity index (χ0v) is 18.5. The van der Waals surface area contributed by atoms with Crippen LogP contribution in [-0.2, 0) is 12.1 Å². The van der Waals surface area contributed by atoms with Crippen molar-refractivity contribution in [3.05, 3.63) is 107 Å².